The monoisotopic (exact) mass is 248 g/mol. The number of carbonyl (C=O) groups is 1. The molecule has 3 heteroatoms. The Kier molecular flexibility index (Phi) is 4.49. The molecule has 0 spiro atoms. The molecule has 0 saturated heterocycles. The maximum Gasteiger partial charge on any atom is 0.226 e. The van der Waals surface area contributed by atoms with Gasteiger partial charge in [0.15, 0.2) is 0 Å². The van der Waals surface area contributed by atoms with Crippen molar-refractivity contribution in [1.29, 1.82) is 0 Å². The molecule has 1 amide bonds. The van der Waals surface area contributed by atoms with Crippen LogP contribution in [0.1, 0.15) is 47.5 Å². The molecule has 3 nitrogen and oxygen atoms in total. The minimum atomic E-state index is -0.00286. The van der Waals surface area contributed by atoms with Gasteiger partial charge in [0.1, 0.15) is 5.82 Å². The molecule has 1 N–H and O–H groups in total. The van der Waals surface area contributed by atoms with Crippen LogP contribution in [0.5, 0.6) is 0 Å². The second-order valence-electron chi connectivity index (χ2n) is 6.84. The van der Waals surface area contributed by atoms with E-state index in [0.29, 0.717) is 12.2 Å². The van der Waals surface area contributed by atoms with E-state index in [9.17, 15) is 4.79 Å². The Labute approximate surface area is 110 Å². The van der Waals surface area contributed by atoms with Crippen LogP contribution in [0.25, 0.3) is 0 Å². The Morgan fingerprint density at radius 3 is 2.39 bits per heavy atom. The summed E-state index contributed by atoms with van der Waals surface area (Å²) >= 11 is 0. The minimum Gasteiger partial charge on any atom is -0.311 e. The Bertz CT molecular complexity index is 391. The van der Waals surface area contributed by atoms with Crippen molar-refractivity contribution in [2.45, 2.75) is 47.5 Å². The smallest absolute Gasteiger partial charge is 0.226 e. The fourth-order valence-electron chi connectivity index (χ4n) is 2.56. The molecule has 0 aliphatic heterocycles. The van der Waals surface area contributed by atoms with E-state index in [1.54, 1.807) is 12.3 Å². The lowest BCUT2D eigenvalue weighted by Crippen LogP contribution is -2.26. The van der Waals surface area contributed by atoms with Crippen LogP contribution in [0.2, 0.25) is 0 Å². The number of amides is 1. The van der Waals surface area contributed by atoms with Gasteiger partial charge in [-0.25, -0.2) is 4.98 Å². The molecule has 18 heavy (non-hydrogen) atoms. The average molecular weight is 248 g/mol. The van der Waals surface area contributed by atoms with Gasteiger partial charge in [-0.3, -0.25) is 4.79 Å². The predicted molar refractivity (Wildman–Crippen MR) is 75.3 cm³/mol. The van der Waals surface area contributed by atoms with Crippen molar-refractivity contribution in [2.24, 2.45) is 10.8 Å². The third kappa shape index (κ3) is 5.80. The van der Waals surface area contributed by atoms with Gasteiger partial charge in [-0.2, -0.15) is 0 Å². The normalized spacial score (nSPS) is 12.3. The first-order chi connectivity index (χ1) is 8.18. The number of anilines is 1. The van der Waals surface area contributed by atoms with Crippen LogP contribution in [-0.2, 0) is 4.79 Å². The van der Waals surface area contributed by atoms with E-state index in [1.165, 1.54) is 0 Å². The SMILES string of the molecule is CC(C)(C)CC(C)(C)CC(=O)Nc1ccccn1. The van der Waals surface area contributed by atoms with Crippen LogP contribution in [0, 0.1) is 10.8 Å². The molecule has 1 heterocycles. The summed E-state index contributed by atoms with van der Waals surface area (Å²) in [4.78, 5) is 16.1. The van der Waals surface area contributed by atoms with Crippen molar-refractivity contribution in [3.05, 3.63) is 24.4 Å². The molecule has 1 aromatic rings. The van der Waals surface area contributed by atoms with Gasteiger partial charge in [-0.1, -0.05) is 40.7 Å². The lowest BCUT2D eigenvalue weighted by atomic mass is 9.74. The van der Waals surface area contributed by atoms with Gasteiger partial charge in [-0.15, -0.1) is 0 Å². The fraction of sp³-hybridized carbons (Fsp3) is 0.600. The maximum atomic E-state index is 12.0. The lowest BCUT2D eigenvalue weighted by Gasteiger charge is -2.31. The molecule has 0 aliphatic rings. The Morgan fingerprint density at radius 1 is 1.22 bits per heavy atom. The van der Waals surface area contributed by atoms with Crippen LogP contribution in [0.4, 0.5) is 5.82 Å². The number of nitrogens with zero attached hydrogens (tertiary/aromatic N) is 1. The van der Waals surface area contributed by atoms with Crippen molar-refractivity contribution in [1.82, 2.24) is 4.98 Å². The van der Waals surface area contributed by atoms with Crippen LogP contribution in [0.3, 0.4) is 0 Å². The third-order valence-electron chi connectivity index (χ3n) is 2.58. The highest BCUT2D eigenvalue weighted by Gasteiger charge is 2.27. The maximum absolute atomic E-state index is 12.0. The summed E-state index contributed by atoms with van der Waals surface area (Å²) in [6.07, 6.45) is 3.20. The van der Waals surface area contributed by atoms with Crippen molar-refractivity contribution in [3.63, 3.8) is 0 Å². The van der Waals surface area contributed by atoms with Gasteiger partial charge in [0, 0.05) is 12.6 Å². The molecule has 1 aromatic heterocycles. The topological polar surface area (TPSA) is 42.0 Å². The molecule has 100 valence electrons. The number of nitrogens with one attached hydrogen (secondary N) is 1. The minimum absolute atomic E-state index is 0.00286. The zero-order valence-corrected chi connectivity index (χ0v) is 12.1. The van der Waals surface area contributed by atoms with E-state index in [0.717, 1.165) is 6.42 Å². The summed E-state index contributed by atoms with van der Waals surface area (Å²) in [5.74, 6) is 0.650. The molecule has 0 aromatic carbocycles. The number of carbonyl (C=O) groups excluding carboxylic acids is 1. The number of pyridine rings is 1. The lowest BCUT2D eigenvalue weighted by molar-refractivity contribution is -0.118. The molecule has 0 aliphatic carbocycles. The van der Waals surface area contributed by atoms with Crippen LogP contribution >= 0.6 is 0 Å². The van der Waals surface area contributed by atoms with E-state index >= 15 is 0 Å². The van der Waals surface area contributed by atoms with Crippen molar-refractivity contribution < 1.29 is 4.79 Å². The Balaban J connectivity index is 2.54. The summed E-state index contributed by atoms with van der Waals surface area (Å²) in [5.41, 5.74) is 0.228. The first-order valence-electron chi connectivity index (χ1n) is 6.39. The summed E-state index contributed by atoms with van der Waals surface area (Å²) < 4.78 is 0. The Hall–Kier alpha value is -1.38. The quantitative estimate of drug-likeness (QED) is 0.878. The molecule has 0 saturated carbocycles. The highest BCUT2D eigenvalue weighted by atomic mass is 16.1. The van der Waals surface area contributed by atoms with Crippen LogP contribution in [0.15, 0.2) is 24.4 Å². The largest absolute Gasteiger partial charge is 0.311 e. The second kappa shape index (κ2) is 5.51. The zero-order chi connectivity index (χ0) is 13.8. The zero-order valence-electron chi connectivity index (χ0n) is 12.1. The van der Waals surface area contributed by atoms with E-state index < -0.39 is 0 Å². The molecule has 0 bridgehead atoms. The van der Waals surface area contributed by atoms with Crippen LogP contribution < -0.4 is 5.32 Å². The number of aromatic nitrogens is 1. The summed E-state index contributed by atoms with van der Waals surface area (Å²) in [6.45, 7) is 10.9. The molecule has 0 unspecified atom stereocenters. The fourth-order valence-corrected chi connectivity index (χ4v) is 2.56. The third-order valence-corrected chi connectivity index (χ3v) is 2.58. The standard InChI is InChI=1S/C15H24N2O/c1-14(2,3)11-15(4,5)10-13(18)17-12-8-6-7-9-16-12/h6-9H,10-11H2,1-5H3,(H,16,17,18). The molecule has 0 radical (unpaired) electrons. The van der Waals surface area contributed by atoms with Gasteiger partial charge >= 0.3 is 0 Å². The number of rotatable bonds is 4. The summed E-state index contributed by atoms with van der Waals surface area (Å²) in [5, 5.41) is 2.83. The highest BCUT2D eigenvalue weighted by molar-refractivity contribution is 5.90. The van der Waals surface area contributed by atoms with Crippen molar-refractivity contribution in [2.75, 3.05) is 5.32 Å². The van der Waals surface area contributed by atoms with Gasteiger partial charge in [0.2, 0.25) is 5.91 Å². The summed E-state index contributed by atoms with van der Waals surface area (Å²) in [7, 11) is 0. The van der Waals surface area contributed by atoms with Crippen molar-refractivity contribution in [3.8, 4) is 0 Å². The molecule has 1 rings (SSSR count). The molecular formula is C15H24N2O. The second-order valence-corrected chi connectivity index (χ2v) is 6.84. The van der Waals surface area contributed by atoms with E-state index in [2.05, 4.69) is 44.9 Å². The molecular weight excluding hydrogens is 224 g/mol. The van der Waals surface area contributed by atoms with Gasteiger partial charge in [-0.05, 0) is 29.4 Å². The molecule has 0 fully saturated rings. The van der Waals surface area contributed by atoms with E-state index in [4.69, 9.17) is 0 Å². The highest BCUT2D eigenvalue weighted by Crippen LogP contribution is 2.35. The number of hydrogen-bond acceptors (Lipinski definition) is 2. The van der Waals surface area contributed by atoms with Crippen LogP contribution in [-0.4, -0.2) is 10.9 Å². The van der Waals surface area contributed by atoms with Crippen molar-refractivity contribution >= 4 is 11.7 Å². The van der Waals surface area contributed by atoms with Gasteiger partial charge in [0.25, 0.3) is 0 Å². The molecule has 0 atom stereocenters. The Morgan fingerprint density at radius 2 is 1.89 bits per heavy atom. The summed E-state index contributed by atoms with van der Waals surface area (Å²) in [6, 6.07) is 5.50. The van der Waals surface area contributed by atoms with Gasteiger partial charge < -0.3 is 5.32 Å². The van der Waals surface area contributed by atoms with E-state index in [1.807, 2.05) is 12.1 Å². The van der Waals surface area contributed by atoms with Gasteiger partial charge in [0.05, 0.1) is 0 Å². The number of hydrogen-bond donors (Lipinski definition) is 1. The average Bonchev–Trinajstić information content (AvgIpc) is 2.13. The first-order valence-corrected chi connectivity index (χ1v) is 6.39. The predicted octanol–water partition coefficient (Wildman–Crippen LogP) is 3.87. The first kappa shape index (κ1) is 14.7. The van der Waals surface area contributed by atoms with E-state index in [-0.39, 0.29) is 16.7 Å².